The van der Waals surface area contributed by atoms with E-state index in [-0.39, 0.29) is 42.5 Å². The Morgan fingerprint density at radius 1 is 1.00 bits per heavy atom. The van der Waals surface area contributed by atoms with Gasteiger partial charge in [-0.2, -0.15) is 0 Å². The number of carbonyl (C=O) groups excluding carboxylic acids is 2. The maximum atomic E-state index is 14.1. The van der Waals surface area contributed by atoms with Crippen LogP contribution in [0.1, 0.15) is 108 Å². The average Bonchev–Trinajstić information content (AvgIpc) is 3.05. The molecule has 2 N–H and O–H groups in total. The normalized spacial score (nSPS) is 44.5. The summed E-state index contributed by atoms with van der Waals surface area (Å²) in [5.74, 6) is -2.00. The number of nitrogens with zero attached hydrogens (tertiary/aromatic N) is 1. The molecule has 0 radical (unpaired) electrons. The third-order valence-corrected chi connectivity index (χ3v) is 12.2. The van der Waals surface area contributed by atoms with Crippen LogP contribution in [0, 0.1) is 29.1 Å². The lowest BCUT2D eigenvalue weighted by Gasteiger charge is -2.53. The van der Waals surface area contributed by atoms with Crippen molar-refractivity contribution in [1.82, 2.24) is 10.2 Å². The molecule has 1 amide bonds. The van der Waals surface area contributed by atoms with Crippen molar-refractivity contribution in [2.45, 2.75) is 169 Å². The van der Waals surface area contributed by atoms with Gasteiger partial charge in [-0.15, -0.1) is 0 Å². The van der Waals surface area contributed by atoms with Crippen LogP contribution >= 0.6 is 0 Å². The van der Waals surface area contributed by atoms with Gasteiger partial charge in [0.15, 0.2) is 12.6 Å². The standard InChI is InChI=1S/C39H70N2O9/c1-15-31-22(2)16-25(5)40-36(43)24(4)20-39(11,45-14)38(10,21-46-32-19-30(41(12)13)18-26(6)47-32)28(8)35(27(7)37(44)49-31)50-33-17-23(3)34(42)29(9)48-33/h16,23-35,42H,15,17-21H2,1-14H3,(H,40,43). The van der Waals surface area contributed by atoms with Gasteiger partial charge in [0, 0.05) is 43.4 Å². The van der Waals surface area contributed by atoms with Crippen molar-refractivity contribution in [3.8, 4) is 0 Å². The van der Waals surface area contributed by atoms with E-state index in [4.69, 9.17) is 28.4 Å². The first-order valence-corrected chi connectivity index (χ1v) is 18.9. The number of methoxy groups -OCH3 is 1. The molecule has 0 aromatic carbocycles. The molecule has 2 saturated heterocycles. The Bertz CT molecular complexity index is 1140. The maximum Gasteiger partial charge on any atom is 0.311 e. The van der Waals surface area contributed by atoms with Gasteiger partial charge in [-0.05, 0) is 92.3 Å². The number of hydrogen-bond acceptors (Lipinski definition) is 10. The highest BCUT2D eigenvalue weighted by Gasteiger charge is 2.55. The minimum absolute atomic E-state index is 0.0241. The average molecular weight is 711 g/mol. The highest BCUT2D eigenvalue weighted by atomic mass is 16.7. The van der Waals surface area contributed by atoms with Crippen LogP contribution in [-0.2, 0) is 38.0 Å². The van der Waals surface area contributed by atoms with E-state index in [9.17, 15) is 14.7 Å². The molecule has 0 aliphatic carbocycles. The van der Waals surface area contributed by atoms with E-state index in [0.717, 1.165) is 12.0 Å². The number of aliphatic hydroxyl groups excluding tert-OH is 1. The predicted octanol–water partition coefficient (Wildman–Crippen LogP) is 5.47. The first-order valence-electron chi connectivity index (χ1n) is 18.9. The lowest BCUT2D eigenvalue weighted by atomic mass is 9.61. The first kappa shape index (κ1) is 42.8. The van der Waals surface area contributed by atoms with E-state index in [2.05, 4.69) is 45.1 Å². The topological polar surface area (TPSA) is 125 Å². The second-order valence-electron chi connectivity index (χ2n) is 16.4. The Balaban J connectivity index is 2.14. The highest BCUT2D eigenvalue weighted by Crippen LogP contribution is 2.49. The monoisotopic (exact) mass is 711 g/mol. The summed E-state index contributed by atoms with van der Waals surface area (Å²) in [5.41, 5.74) is -0.859. The number of rotatable bonds is 8. The molecule has 11 heteroatoms. The summed E-state index contributed by atoms with van der Waals surface area (Å²) < 4.78 is 38.8. The lowest BCUT2D eigenvalue weighted by Crippen LogP contribution is -2.59. The number of aliphatic hydroxyl groups is 1. The molecule has 3 aliphatic heterocycles. The van der Waals surface area contributed by atoms with E-state index < -0.39 is 59.8 Å². The Hall–Kier alpha value is -1.60. The number of carbonyl (C=O) groups is 2. The summed E-state index contributed by atoms with van der Waals surface area (Å²) in [6.45, 7) is 21.9. The highest BCUT2D eigenvalue weighted by molar-refractivity contribution is 5.79. The van der Waals surface area contributed by atoms with Gasteiger partial charge in [0.05, 0.1) is 42.5 Å². The molecule has 2 fully saturated rings. The summed E-state index contributed by atoms with van der Waals surface area (Å²) in [7, 11) is 5.83. The predicted molar refractivity (Wildman–Crippen MR) is 193 cm³/mol. The van der Waals surface area contributed by atoms with Crippen LogP contribution in [-0.4, -0.2) is 110 Å². The van der Waals surface area contributed by atoms with Crippen molar-refractivity contribution in [2.24, 2.45) is 29.1 Å². The minimum Gasteiger partial charge on any atom is -0.458 e. The Morgan fingerprint density at radius 3 is 2.24 bits per heavy atom. The van der Waals surface area contributed by atoms with E-state index >= 15 is 0 Å². The van der Waals surface area contributed by atoms with Gasteiger partial charge in [0.1, 0.15) is 6.10 Å². The number of amides is 1. The van der Waals surface area contributed by atoms with Crippen LogP contribution in [0.4, 0.5) is 0 Å². The van der Waals surface area contributed by atoms with Gasteiger partial charge in [-0.1, -0.05) is 40.7 Å². The van der Waals surface area contributed by atoms with E-state index in [0.29, 0.717) is 31.7 Å². The molecule has 0 saturated carbocycles. The smallest absolute Gasteiger partial charge is 0.311 e. The molecule has 15 unspecified atom stereocenters. The van der Waals surface area contributed by atoms with Crippen molar-refractivity contribution < 1.29 is 43.1 Å². The quantitative estimate of drug-likeness (QED) is 0.248. The maximum absolute atomic E-state index is 14.1. The Labute approximate surface area is 302 Å². The number of ether oxygens (including phenoxy) is 6. The minimum atomic E-state index is -0.916. The summed E-state index contributed by atoms with van der Waals surface area (Å²) in [6, 6.07) is 0.0373. The molecule has 0 bridgehead atoms. The fraction of sp³-hybridized carbons (Fsp3) is 0.897. The second-order valence-corrected chi connectivity index (χ2v) is 16.4. The largest absolute Gasteiger partial charge is 0.458 e. The van der Waals surface area contributed by atoms with Crippen LogP contribution in [0.25, 0.3) is 0 Å². The molecule has 50 heavy (non-hydrogen) atoms. The summed E-state index contributed by atoms with van der Waals surface area (Å²) in [5, 5.41) is 13.8. The molecule has 3 rings (SSSR count). The van der Waals surface area contributed by atoms with Crippen LogP contribution < -0.4 is 5.32 Å². The molecular formula is C39H70N2O9. The molecule has 11 nitrogen and oxygen atoms in total. The Morgan fingerprint density at radius 2 is 1.66 bits per heavy atom. The molecule has 3 aliphatic rings. The molecule has 15 atom stereocenters. The third kappa shape index (κ3) is 10.1. The zero-order chi connectivity index (χ0) is 37.7. The lowest BCUT2D eigenvalue weighted by molar-refractivity contribution is -0.281. The number of esters is 1. The number of hydrogen-bond donors (Lipinski definition) is 2. The SMILES string of the molecule is CCC1OC(=O)C(C)C(OC2CC(C)C(O)C(C)O2)C(C)C(C)(COC2CC(N(C)C)CC(C)O2)C(C)(OC)CC(C)C(=O)NC(C)C=C1C. The molecule has 0 aromatic rings. The van der Waals surface area contributed by atoms with Crippen LogP contribution in [0.3, 0.4) is 0 Å². The second kappa shape index (κ2) is 18.0. The fourth-order valence-electron chi connectivity index (χ4n) is 8.22. The third-order valence-electron chi connectivity index (χ3n) is 12.2. The van der Waals surface area contributed by atoms with Gasteiger partial charge in [0.2, 0.25) is 5.91 Å². The summed E-state index contributed by atoms with van der Waals surface area (Å²) in [6.07, 6.45) is 1.75. The van der Waals surface area contributed by atoms with Crippen molar-refractivity contribution >= 4 is 11.9 Å². The van der Waals surface area contributed by atoms with Crippen molar-refractivity contribution in [3.05, 3.63) is 11.6 Å². The fourth-order valence-corrected chi connectivity index (χ4v) is 8.22. The molecular weight excluding hydrogens is 640 g/mol. The van der Waals surface area contributed by atoms with Crippen LogP contribution in [0.15, 0.2) is 11.6 Å². The van der Waals surface area contributed by atoms with Gasteiger partial charge >= 0.3 is 5.97 Å². The summed E-state index contributed by atoms with van der Waals surface area (Å²) in [4.78, 5) is 30.0. The number of cyclic esters (lactones) is 1. The zero-order valence-electron chi connectivity index (χ0n) is 33.5. The first-order chi connectivity index (χ1) is 23.3. The molecule has 290 valence electrons. The molecule has 0 spiro atoms. The van der Waals surface area contributed by atoms with Gasteiger partial charge in [0.25, 0.3) is 0 Å². The molecule has 3 heterocycles. The van der Waals surface area contributed by atoms with E-state index in [1.807, 2.05) is 61.5 Å². The van der Waals surface area contributed by atoms with Crippen molar-refractivity contribution in [3.63, 3.8) is 0 Å². The van der Waals surface area contributed by atoms with Gasteiger partial charge in [-0.25, -0.2) is 0 Å². The van der Waals surface area contributed by atoms with Crippen LogP contribution in [0.5, 0.6) is 0 Å². The summed E-state index contributed by atoms with van der Waals surface area (Å²) >= 11 is 0. The van der Waals surface area contributed by atoms with Crippen LogP contribution in [0.2, 0.25) is 0 Å². The van der Waals surface area contributed by atoms with Crippen molar-refractivity contribution in [2.75, 3.05) is 27.8 Å². The van der Waals surface area contributed by atoms with E-state index in [1.54, 1.807) is 7.11 Å². The van der Waals surface area contributed by atoms with Crippen molar-refractivity contribution in [1.29, 1.82) is 0 Å². The zero-order valence-corrected chi connectivity index (χ0v) is 33.5. The number of nitrogens with one attached hydrogen (secondary N) is 1. The van der Waals surface area contributed by atoms with Gasteiger partial charge in [-0.3, -0.25) is 9.59 Å². The molecule has 0 aromatic heterocycles. The Kier molecular flexibility index (Phi) is 15.4. The van der Waals surface area contributed by atoms with Gasteiger partial charge < -0.3 is 43.7 Å². The van der Waals surface area contributed by atoms with E-state index in [1.165, 1.54) is 0 Å².